The normalized spacial score (nSPS) is 15.9. The molecule has 7 heteroatoms. The molecule has 1 saturated heterocycles. The average Bonchev–Trinajstić information content (AvgIpc) is 2.63. The largest absolute Gasteiger partial charge is 0.481 e. The van der Waals surface area contributed by atoms with Crippen LogP contribution in [0.15, 0.2) is 29.2 Å². The van der Waals surface area contributed by atoms with Crippen LogP contribution in [0, 0.1) is 5.92 Å². The number of aromatic nitrogens is 4. The van der Waals surface area contributed by atoms with E-state index in [2.05, 4.69) is 40.7 Å². The van der Waals surface area contributed by atoms with Crippen LogP contribution in [0.25, 0.3) is 0 Å². The maximum absolute atomic E-state index is 12.2. The van der Waals surface area contributed by atoms with E-state index >= 15 is 0 Å². The number of rotatable bonds is 4. The summed E-state index contributed by atoms with van der Waals surface area (Å²) in [5, 5.41) is 4.59. The standard InChI is InChI=1S/C19H27N5O2/c1-19(2,3)15-5-6-17(25)24(22-15)13-14-8-11-23(12-9-14)18-20-10-7-16(21-18)26-4/h5-7,10,14H,8-9,11-13H2,1-4H3. The van der Waals surface area contributed by atoms with Crippen molar-refractivity contribution in [2.75, 3.05) is 25.1 Å². The second kappa shape index (κ2) is 7.43. The molecule has 1 aliphatic rings. The van der Waals surface area contributed by atoms with E-state index in [0.29, 0.717) is 24.3 Å². The van der Waals surface area contributed by atoms with Gasteiger partial charge in [0.1, 0.15) is 0 Å². The van der Waals surface area contributed by atoms with Crippen molar-refractivity contribution < 1.29 is 4.74 Å². The fourth-order valence-electron chi connectivity index (χ4n) is 3.14. The highest BCUT2D eigenvalue weighted by atomic mass is 16.5. The maximum atomic E-state index is 12.2. The maximum Gasteiger partial charge on any atom is 0.266 e. The van der Waals surface area contributed by atoms with Gasteiger partial charge in [0.2, 0.25) is 11.8 Å². The van der Waals surface area contributed by atoms with Gasteiger partial charge in [0.25, 0.3) is 5.56 Å². The fourth-order valence-corrected chi connectivity index (χ4v) is 3.14. The molecule has 1 fully saturated rings. The van der Waals surface area contributed by atoms with Gasteiger partial charge in [0.05, 0.1) is 12.8 Å². The van der Waals surface area contributed by atoms with Gasteiger partial charge in [-0.2, -0.15) is 10.1 Å². The number of ether oxygens (including phenoxy) is 1. The zero-order chi connectivity index (χ0) is 18.7. The van der Waals surface area contributed by atoms with Gasteiger partial charge in [-0.15, -0.1) is 0 Å². The zero-order valence-corrected chi connectivity index (χ0v) is 16.0. The fraction of sp³-hybridized carbons (Fsp3) is 0.579. The smallest absolute Gasteiger partial charge is 0.266 e. The second-order valence-corrected chi connectivity index (χ2v) is 7.82. The predicted molar refractivity (Wildman–Crippen MR) is 101 cm³/mol. The van der Waals surface area contributed by atoms with E-state index < -0.39 is 0 Å². The molecule has 3 rings (SSSR count). The molecular formula is C19H27N5O2. The Morgan fingerprint density at radius 2 is 1.92 bits per heavy atom. The molecule has 0 atom stereocenters. The van der Waals surface area contributed by atoms with Gasteiger partial charge >= 0.3 is 0 Å². The third kappa shape index (κ3) is 4.20. The SMILES string of the molecule is COc1ccnc(N2CCC(Cn3nc(C(C)(C)C)ccc3=O)CC2)n1. The number of hydrogen-bond acceptors (Lipinski definition) is 6. The van der Waals surface area contributed by atoms with Crippen LogP contribution < -0.4 is 15.2 Å². The number of nitrogens with zero attached hydrogens (tertiary/aromatic N) is 5. The van der Waals surface area contributed by atoms with Gasteiger partial charge in [0, 0.05) is 43.4 Å². The Balaban J connectivity index is 1.65. The van der Waals surface area contributed by atoms with Crippen molar-refractivity contribution in [3.05, 3.63) is 40.4 Å². The third-order valence-corrected chi connectivity index (χ3v) is 4.79. The molecule has 7 nitrogen and oxygen atoms in total. The number of hydrogen-bond donors (Lipinski definition) is 0. The van der Waals surface area contributed by atoms with Crippen LogP contribution in [-0.2, 0) is 12.0 Å². The van der Waals surface area contributed by atoms with Crippen molar-refractivity contribution in [2.45, 2.75) is 45.6 Å². The monoisotopic (exact) mass is 357 g/mol. The topological polar surface area (TPSA) is 73.1 Å². The quantitative estimate of drug-likeness (QED) is 0.836. The Hall–Kier alpha value is -2.44. The molecule has 0 aromatic carbocycles. The highest BCUT2D eigenvalue weighted by Crippen LogP contribution is 2.23. The lowest BCUT2D eigenvalue weighted by Gasteiger charge is -2.32. The average molecular weight is 357 g/mol. The lowest BCUT2D eigenvalue weighted by atomic mass is 9.92. The molecule has 0 amide bonds. The summed E-state index contributed by atoms with van der Waals surface area (Å²) < 4.78 is 6.80. The van der Waals surface area contributed by atoms with Crippen LogP contribution in [0.1, 0.15) is 39.3 Å². The van der Waals surface area contributed by atoms with Crippen molar-refractivity contribution in [3.8, 4) is 5.88 Å². The summed E-state index contributed by atoms with van der Waals surface area (Å²) in [6.07, 6.45) is 3.68. The molecule has 0 aliphatic carbocycles. The van der Waals surface area contributed by atoms with Gasteiger partial charge < -0.3 is 9.64 Å². The molecule has 0 saturated carbocycles. The first-order chi connectivity index (χ1) is 12.4. The molecule has 0 N–H and O–H groups in total. The van der Waals surface area contributed by atoms with E-state index in [9.17, 15) is 4.79 Å². The number of piperidine rings is 1. The second-order valence-electron chi connectivity index (χ2n) is 7.82. The molecule has 140 valence electrons. The predicted octanol–water partition coefficient (Wildman–Crippen LogP) is 2.26. The van der Waals surface area contributed by atoms with Crippen molar-refractivity contribution in [3.63, 3.8) is 0 Å². The molecule has 0 unspecified atom stereocenters. The number of methoxy groups -OCH3 is 1. The lowest BCUT2D eigenvalue weighted by Crippen LogP contribution is -2.38. The Labute approximate surface area is 154 Å². The summed E-state index contributed by atoms with van der Waals surface area (Å²) in [7, 11) is 1.61. The van der Waals surface area contributed by atoms with Gasteiger partial charge in [-0.3, -0.25) is 4.79 Å². The minimum Gasteiger partial charge on any atom is -0.481 e. The minimum absolute atomic E-state index is 0.0310. The Kier molecular flexibility index (Phi) is 5.25. The lowest BCUT2D eigenvalue weighted by molar-refractivity contribution is 0.328. The zero-order valence-electron chi connectivity index (χ0n) is 16.0. The summed E-state index contributed by atoms with van der Waals surface area (Å²) in [5.41, 5.74) is 0.846. The van der Waals surface area contributed by atoms with Gasteiger partial charge in [-0.05, 0) is 24.8 Å². The first kappa shape index (κ1) is 18.4. The minimum atomic E-state index is -0.0669. The Morgan fingerprint density at radius 3 is 2.58 bits per heavy atom. The summed E-state index contributed by atoms with van der Waals surface area (Å²) in [5.74, 6) is 1.71. The third-order valence-electron chi connectivity index (χ3n) is 4.79. The van der Waals surface area contributed by atoms with Gasteiger partial charge in [0.15, 0.2) is 0 Å². The first-order valence-corrected chi connectivity index (χ1v) is 9.07. The van der Waals surface area contributed by atoms with Crippen molar-refractivity contribution in [1.82, 2.24) is 19.7 Å². The molecule has 0 radical (unpaired) electrons. The molecule has 2 aromatic rings. The molecule has 0 bridgehead atoms. The van der Waals surface area contributed by atoms with Crippen LogP contribution in [0.2, 0.25) is 0 Å². The van der Waals surface area contributed by atoms with E-state index in [1.54, 1.807) is 30.1 Å². The Morgan fingerprint density at radius 1 is 1.19 bits per heavy atom. The molecule has 26 heavy (non-hydrogen) atoms. The molecule has 3 heterocycles. The van der Waals surface area contributed by atoms with Crippen LogP contribution in [0.4, 0.5) is 5.95 Å². The van der Waals surface area contributed by atoms with Gasteiger partial charge in [-0.25, -0.2) is 9.67 Å². The van der Waals surface area contributed by atoms with Crippen molar-refractivity contribution >= 4 is 5.95 Å². The van der Waals surface area contributed by atoms with E-state index in [-0.39, 0.29) is 11.0 Å². The summed E-state index contributed by atoms with van der Waals surface area (Å²) in [6.45, 7) is 8.72. The molecule has 0 spiro atoms. The Bertz CT molecular complexity index is 804. The molecule has 1 aliphatic heterocycles. The van der Waals surface area contributed by atoms with Crippen LogP contribution >= 0.6 is 0 Å². The summed E-state index contributed by atoms with van der Waals surface area (Å²) in [6, 6.07) is 5.21. The van der Waals surface area contributed by atoms with E-state index in [4.69, 9.17) is 4.74 Å². The van der Waals surface area contributed by atoms with Crippen LogP contribution in [0.5, 0.6) is 5.88 Å². The number of anilines is 1. The summed E-state index contributed by atoms with van der Waals surface area (Å²) >= 11 is 0. The molecule has 2 aromatic heterocycles. The van der Waals surface area contributed by atoms with Crippen molar-refractivity contribution in [1.29, 1.82) is 0 Å². The van der Waals surface area contributed by atoms with Gasteiger partial charge in [-0.1, -0.05) is 20.8 Å². The first-order valence-electron chi connectivity index (χ1n) is 9.07. The van der Waals surface area contributed by atoms with E-state index in [1.807, 2.05) is 6.07 Å². The highest BCUT2D eigenvalue weighted by molar-refractivity contribution is 5.32. The molecular weight excluding hydrogens is 330 g/mol. The van der Waals surface area contributed by atoms with E-state index in [0.717, 1.165) is 31.6 Å². The highest BCUT2D eigenvalue weighted by Gasteiger charge is 2.23. The van der Waals surface area contributed by atoms with E-state index in [1.165, 1.54) is 0 Å². The van der Waals surface area contributed by atoms with Crippen LogP contribution in [0.3, 0.4) is 0 Å². The van der Waals surface area contributed by atoms with Crippen molar-refractivity contribution in [2.24, 2.45) is 5.92 Å². The summed E-state index contributed by atoms with van der Waals surface area (Å²) in [4.78, 5) is 23.1. The van der Waals surface area contributed by atoms with Crippen LogP contribution in [-0.4, -0.2) is 39.9 Å².